The van der Waals surface area contributed by atoms with Crippen molar-refractivity contribution < 1.29 is 36.6 Å². The van der Waals surface area contributed by atoms with E-state index in [9.17, 15) is 32.7 Å². The summed E-state index contributed by atoms with van der Waals surface area (Å²) in [4.78, 5) is 41.6. The largest absolute Gasteiger partial charge is 0.481 e. The number of nitrogens with zero attached hydrogens (tertiary/aromatic N) is 2. The third kappa shape index (κ3) is 8.21. The Bertz CT molecular complexity index is 1830. The van der Waals surface area contributed by atoms with Gasteiger partial charge in [0.05, 0.1) is 18.0 Å². The minimum absolute atomic E-state index is 0.0102. The maximum Gasteiger partial charge on any atom is 0.416 e. The molecular weight excluding hydrogens is 669 g/mol. The minimum Gasteiger partial charge on any atom is -0.481 e. The molecule has 51 heavy (non-hydrogen) atoms. The second kappa shape index (κ2) is 14.9. The fourth-order valence-corrected chi connectivity index (χ4v) is 8.06. The van der Waals surface area contributed by atoms with Crippen LogP contribution in [0.3, 0.4) is 0 Å². The van der Waals surface area contributed by atoms with Crippen LogP contribution in [0.2, 0.25) is 0 Å². The number of likely N-dealkylation sites (tertiary alicyclic amines) is 1. The van der Waals surface area contributed by atoms with Crippen LogP contribution in [0.15, 0.2) is 41.3 Å². The number of aliphatic carboxylic acids is 1. The van der Waals surface area contributed by atoms with Crippen molar-refractivity contribution in [3.05, 3.63) is 91.9 Å². The van der Waals surface area contributed by atoms with E-state index in [1.54, 1.807) is 45.9 Å². The number of pyridine rings is 1. The molecule has 2 fully saturated rings. The third-order valence-electron chi connectivity index (χ3n) is 10.5. The van der Waals surface area contributed by atoms with Gasteiger partial charge in [0, 0.05) is 43.0 Å². The van der Waals surface area contributed by atoms with Gasteiger partial charge < -0.3 is 19.9 Å². The van der Waals surface area contributed by atoms with Gasteiger partial charge in [0.1, 0.15) is 17.7 Å². The molecule has 1 aromatic heterocycles. The average molecular weight is 716 g/mol. The Labute approximate surface area is 294 Å². The molecule has 2 aromatic carbocycles. The maximum atomic E-state index is 16.4. The number of benzene rings is 2. The highest BCUT2D eigenvalue weighted by atomic mass is 19.4. The highest BCUT2D eigenvalue weighted by Gasteiger charge is 2.44. The second-order valence-corrected chi connectivity index (χ2v) is 15.0. The highest BCUT2D eigenvalue weighted by Crippen LogP contribution is 2.45. The molecule has 1 aliphatic heterocycles. The van der Waals surface area contributed by atoms with E-state index in [1.165, 1.54) is 13.0 Å². The van der Waals surface area contributed by atoms with Crippen LogP contribution >= 0.6 is 0 Å². The Morgan fingerprint density at radius 1 is 0.980 bits per heavy atom. The topological polar surface area (TPSA) is 91.6 Å². The van der Waals surface area contributed by atoms with Crippen molar-refractivity contribution in [3.63, 3.8) is 0 Å². The van der Waals surface area contributed by atoms with Crippen molar-refractivity contribution >= 4 is 11.9 Å². The van der Waals surface area contributed by atoms with Crippen molar-refractivity contribution in [2.24, 2.45) is 11.3 Å². The lowest BCUT2D eigenvalue weighted by Crippen LogP contribution is -2.55. The second-order valence-electron chi connectivity index (χ2n) is 15.0. The fraction of sp³-hybridized carbons (Fsp3) is 0.513. The molecule has 0 radical (unpaired) electrons. The number of carboxylic acids is 1. The number of hydrogen-bond donors (Lipinski definition) is 2. The molecule has 5 rings (SSSR count). The first-order valence-corrected chi connectivity index (χ1v) is 17.5. The number of carbonyl (C=O) groups is 2. The van der Waals surface area contributed by atoms with Gasteiger partial charge in [-0.15, -0.1) is 0 Å². The summed E-state index contributed by atoms with van der Waals surface area (Å²) in [6.07, 6.45) is -0.136. The van der Waals surface area contributed by atoms with E-state index in [2.05, 4.69) is 10.2 Å². The van der Waals surface area contributed by atoms with E-state index in [-0.39, 0.29) is 40.9 Å². The van der Waals surface area contributed by atoms with Gasteiger partial charge in [-0.1, -0.05) is 44.9 Å². The van der Waals surface area contributed by atoms with Crippen LogP contribution in [0.4, 0.5) is 22.0 Å². The maximum absolute atomic E-state index is 16.4. The normalized spacial score (nSPS) is 17.1. The Morgan fingerprint density at radius 3 is 2.18 bits per heavy atom. The number of nitrogens with one attached hydrogen (secondary N) is 1. The van der Waals surface area contributed by atoms with E-state index >= 15 is 8.78 Å². The van der Waals surface area contributed by atoms with Crippen LogP contribution in [0, 0.1) is 43.7 Å². The van der Waals surface area contributed by atoms with Crippen molar-refractivity contribution in [1.29, 1.82) is 0 Å². The smallest absolute Gasteiger partial charge is 0.416 e. The van der Waals surface area contributed by atoms with Crippen molar-refractivity contribution in [3.8, 4) is 11.1 Å². The molecule has 1 saturated heterocycles. The van der Waals surface area contributed by atoms with Crippen molar-refractivity contribution in [2.75, 3.05) is 19.6 Å². The number of amides is 1. The highest BCUT2D eigenvalue weighted by molar-refractivity contribution is 5.82. The molecule has 276 valence electrons. The first kappa shape index (κ1) is 38.2. The SMILES string of the molecule is Cc1cc(-c2c(C)cccc2C)c(F)c([C@H](CC(=O)O)NC(=O)C(CC(C)C)n2cc(CCN3CC4(CCCC4)C3)c(C(F)(F)F)cc2=O)c1F. The summed E-state index contributed by atoms with van der Waals surface area (Å²) in [7, 11) is 0. The summed E-state index contributed by atoms with van der Waals surface area (Å²) >= 11 is 0. The standard InChI is InChI=1S/C39H46F5N3O4/c1-22(2)15-30(47-19-26(28(17-31(47)48)39(42,43)44)11-14-46-20-38(21-46)12-6-7-13-38)37(51)45-29(18-32(49)50)34-35(40)25(5)16-27(36(34)41)33-23(3)9-8-10-24(33)4/h8-10,16-17,19,22,29-30H,6-7,11-15,18,20-21H2,1-5H3,(H,45,51)(H,49,50)/t29-,30?/m0/s1. The van der Waals surface area contributed by atoms with Crippen LogP contribution in [0.1, 0.15) is 97.8 Å². The van der Waals surface area contributed by atoms with Crippen LogP contribution in [0.5, 0.6) is 0 Å². The molecule has 1 aliphatic carbocycles. The first-order valence-electron chi connectivity index (χ1n) is 17.5. The zero-order chi connectivity index (χ0) is 37.4. The van der Waals surface area contributed by atoms with Gasteiger partial charge in [-0.2, -0.15) is 13.2 Å². The summed E-state index contributed by atoms with van der Waals surface area (Å²) in [5.41, 5.74) is -0.737. The molecule has 0 bridgehead atoms. The van der Waals surface area contributed by atoms with Gasteiger partial charge in [0.15, 0.2) is 0 Å². The molecule has 1 amide bonds. The monoisotopic (exact) mass is 715 g/mol. The molecule has 7 nitrogen and oxygen atoms in total. The molecule has 2 heterocycles. The number of aromatic nitrogens is 1. The van der Waals surface area contributed by atoms with Crippen LogP contribution in [-0.2, 0) is 22.2 Å². The Kier molecular flexibility index (Phi) is 11.1. The lowest BCUT2D eigenvalue weighted by molar-refractivity contribution is -0.139. The van der Waals surface area contributed by atoms with Crippen molar-refractivity contribution in [1.82, 2.24) is 14.8 Å². The Morgan fingerprint density at radius 2 is 1.61 bits per heavy atom. The van der Waals surface area contributed by atoms with E-state index in [0.717, 1.165) is 49.5 Å². The molecule has 1 saturated carbocycles. The first-order chi connectivity index (χ1) is 23.9. The summed E-state index contributed by atoms with van der Waals surface area (Å²) in [5.74, 6) is -4.71. The number of carboxylic acid groups (broad SMARTS) is 1. The summed E-state index contributed by atoms with van der Waals surface area (Å²) in [5, 5.41) is 12.3. The Hall–Kier alpha value is -4.06. The molecule has 2 N–H and O–H groups in total. The summed E-state index contributed by atoms with van der Waals surface area (Å²) in [6, 6.07) is 4.05. The van der Waals surface area contributed by atoms with Gasteiger partial charge in [-0.25, -0.2) is 8.78 Å². The summed E-state index contributed by atoms with van der Waals surface area (Å²) < 4.78 is 75.9. The number of aryl methyl sites for hydroxylation is 3. The zero-order valence-corrected chi connectivity index (χ0v) is 29.7. The molecular formula is C39H46F5N3O4. The third-order valence-corrected chi connectivity index (χ3v) is 10.5. The van der Waals surface area contributed by atoms with E-state index in [1.807, 2.05) is 0 Å². The minimum atomic E-state index is -4.81. The van der Waals surface area contributed by atoms with Gasteiger partial charge in [-0.3, -0.25) is 14.4 Å². The predicted molar refractivity (Wildman–Crippen MR) is 184 cm³/mol. The number of halogens is 5. The molecule has 3 aromatic rings. The summed E-state index contributed by atoms with van der Waals surface area (Å²) in [6.45, 7) is 10.4. The van der Waals surface area contributed by atoms with E-state index < -0.39 is 64.9 Å². The van der Waals surface area contributed by atoms with E-state index in [0.29, 0.717) is 29.3 Å². The average Bonchev–Trinajstić information content (AvgIpc) is 3.51. The number of hydrogen-bond acceptors (Lipinski definition) is 4. The predicted octanol–water partition coefficient (Wildman–Crippen LogP) is 8.08. The molecule has 2 atom stereocenters. The van der Waals surface area contributed by atoms with Crippen molar-refractivity contribution in [2.45, 2.75) is 97.8 Å². The lowest BCUT2D eigenvalue weighted by atomic mass is 9.78. The van der Waals surface area contributed by atoms with Crippen LogP contribution in [0.25, 0.3) is 11.1 Å². The zero-order valence-electron chi connectivity index (χ0n) is 29.7. The quantitative estimate of drug-likeness (QED) is 0.185. The van der Waals surface area contributed by atoms with Gasteiger partial charge in [-0.05, 0) is 91.7 Å². The number of rotatable bonds is 12. The van der Waals surface area contributed by atoms with Gasteiger partial charge in [0.2, 0.25) is 5.91 Å². The molecule has 1 spiro atoms. The molecule has 2 aliphatic rings. The van der Waals surface area contributed by atoms with Crippen LogP contribution < -0.4 is 10.9 Å². The molecule has 1 unspecified atom stereocenters. The number of carbonyl (C=O) groups excluding carboxylic acids is 1. The lowest BCUT2D eigenvalue weighted by Gasteiger charge is -2.48. The Balaban J connectivity index is 1.52. The molecule has 12 heteroatoms. The van der Waals surface area contributed by atoms with Gasteiger partial charge in [0.25, 0.3) is 5.56 Å². The van der Waals surface area contributed by atoms with Crippen LogP contribution in [-0.4, -0.2) is 46.1 Å². The fourth-order valence-electron chi connectivity index (χ4n) is 8.06. The number of alkyl halides is 3. The van der Waals surface area contributed by atoms with Gasteiger partial charge >= 0.3 is 12.1 Å². The van der Waals surface area contributed by atoms with E-state index in [4.69, 9.17) is 0 Å².